The van der Waals surface area contributed by atoms with Crippen molar-refractivity contribution >= 4 is 12.0 Å². The molecule has 0 aromatic heterocycles. The summed E-state index contributed by atoms with van der Waals surface area (Å²) >= 11 is 0. The van der Waals surface area contributed by atoms with Crippen LogP contribution in [0.2, 0.25) is 0 Å². The van der Waals surface area contributed by atoms with Crippen LogP contribution in [-0.2, 0) is 16.0 Å². The third-order valence-electron chi connectivity index (χ3n) is 2.68. The molecule has 2 amide bonds. The summed E-state index contributed by atoms with van der Waals surface area (Å²) in [6.45, 7) is 7.44. The van der Waals surface area contributed by atoms with Gasteiger partial charge >= 0.3 is 6.09 Å². The smallest absolute Gasteiger partial charge is 0.417 e. The van der Waals surface area contributed by atoms with E-state index in [-0.39, 0.29) is 12.3 Å². The van der Waals surface area contributed by atoms with Gasteiger partial charge in [0, 0.05) is 13.0 Å². The molecule has 0 aliphatic carbocycles. The Kier molecular flexibility index (Phi) is 5.74. The summed E-state index contributed by atoms with van der Waals surface area (Å²) in [5.41, 5.74) is 0.487. The minimum absolute atomic E-state index is 0.213. The second-order valence-electron chi connectivity index (χ2n) is 5.61. The molecule has 0 unspecified atom stereocenters. The predicted octanol–water partition coefficient (Wildman–Crippen LogP) is 3.40. The van der Waals surface area contributed by atoms with E-state index in [2.05, 4.69) is 0 Å². The lowest BCUT2D eigenvalue weighted by Gasteiger charge is -2.26. The number of hydrogen-bond donors (Lipinski definition) is 0. The summed E-state index contributed by atoms with van der Waals surface area (Å²) in [5, 5.41) is 0. The molecule has 0 atom stereocenters. The molecule has 0 saturated heterocycles. The van der Waals surface area contributed by atoms with Gasteiger partial charge in [-0.05, 0) is 32.8 Å². The molecule has 110 valence electrons. The van der Waals surface area contributed by atoms with Gasteiger partial charge in [-0.1, -0.05) is 37.3 Å². The molecule has 1 aromatic rings. The van der Waals surface area contributed by atoms with Crippen molar-refractivity contribution in [2.45, 2.75) is 46.1 Å². The Hall–Kier alpha value is -1.84. The zero-order valence-electron chi connectivity index (χ0n) is 12.7. The van der Waals surface area contributed by atoms with Crippen LogP contribution in [0.3, 0.4) is 0 Å². The first-order chi connectivity index (χ1) is 9.33. The second kappa shape index (κ2) is 7.08. The van der Waals surface area contributed by atoms with E-state index in [1.54, 1.807) is 27.7 Å². The lowest BCUT2D eigenvalue weighted by molar-refractivity contribution is -0.130. The predicted molar refractivity (Wildman–Crippen MR) is 78.4 cm³/mol. The maximum Gasteiger partial charge on any atom is 0.417 e. The normalized spacial score (nSPS) is 11.0. The topological polar surface area (TPSA) is 46.6 Å². The third-order valence-corrected chi connectivity index (χ3v) is 2.68. The second-order valence-corrected chi connectivity index (χ2v) is 5.61. The fourth-order valence-corrected chi connectivity index (χ4v) is 1.71. The Labute approximate surface area is 120 Å². The number of ether oxygens (including phenoxy) is 1. The van der Waals surface area contributed by atoms with Crippen LogP contribution in [0.5, 0.6) is 0 Å². The number of amides is 2. The number of rotatable bonds is 4. The Balaban J connectivity index is 2.70. The van der Waals surface area contributed by atoms with E-state index in [0.717, 1.165) is 5.56 Å². The highest BCUT2D eigenvalue weighted by molar-refractivity contribution is 5.91. The molecule has 0 spiro atoms. The Bertz CT molecular complexity index is 449. The van der Waals surface area contributed by atoms with Gasteiger partial charge in [0.05, 0.1) is 0 Å². The quantitative estimate of drug-likeness (QED) is 0.847. The first-order valence-electron chi connectivity index (χ1n) is 6.90. The fourth-order valence-electron chi connectivity index (χ4n) is 1.71. The molecule has 0 aliphatic heterocycles. The van der Waals surface area contributed by atoms with Gasteiger partial charge in [0.1, 0.15) is 5.60 Å². The van der Waals surface area contributed by atoms with Crippen molar-refractivity contribution in [1.82, 2.24) is 4.90 Å². The fraction of sp³-hybridized carbons (Fsp3) is 0.500. The zero-order chi connectivity index (χ0) is 15.2. The highest BCUT2D eigenvalue weighted by atomic mass is 16.6. The minimum atomic E-state index is -0.601. The van der Waals surface area contributed by atoms with E-state index in [1.807, 2.05) is 30.3 Å². The van der Waals surface area contributed by atoms with Crippen molar-refractivity contribution in [3.05, 3.63) is 35.9 Å². The standard InChI is InChI=1S/C16H23NO3/c1-5-14(18)17(15(19)20-16(2,3)4)12-11-13-9-7-6-8-10-13/h6-10H,5,11-12H2,1-4H3. The van der Waals surface area contributed by atoms with Gasteiger partial charge < -0.3 is 4.74 Å². The van der Waals surface area contributed by atoms with E-state index in [0.29, 0.717) is 13.0 Å². The summed E-state index contributed by atoms with van der Waals surface area (Å²) < 4.78 is 5.28. The van der Waals surface area contributed by atoms with Gasteiger partial charge in [0.15, 0.2) is 0 Å². The molecule has 1 rings (SSSR count). The van der Waals surface area contributed by atoms with Crippen LogP contribution >= 0.6 is 0 Å². The first kappa shape index (κ1) is 16.2. The van der Waals surface area contributed by atoms with E-state index in [9.17, 15) is 9.59 Å². The molecule has 0 radical (unpaired) electrons. The summed E-state index contributed by atoms with van der Waals surface area (Å²) in [6.07, 6.45) is 0.347. The van der Waals surface area contributed by atoms with Crippen LogP contribution in [0, 0.1) is 0 Å². The first-order valence-corrected chi connectivity index (χ1v) is 6.90. The van der Waals surface area contributed by atoms with E-state index in [1.165, 1.54) is 4.90 Å². The Morgan fingerprint density at radius 2 is 1.75 bits per heavy atom. The van der Waals surface area contributed by atoms with Gasteiger partial charge in [-0.15, -0.1) is 0 Å². The average molecular weight is 277 g/mol. The molecule has 20 heavy (non-hydrogen) atoms. The van der Waals surface area contributed by atoms with Crippen molar-refractivity contribution in [3.63, 3.8) is 0 Å². The van der Waals surface area contributed by atoms with Crippen LogP contribution in [0.15, 0.2) is 30.3 Å². The molecular weight excluding hydrogens is 254 g/mol. The van der Waals surface area contributed by atoms with Crippen molar-refractivity contribution in [2.24, 2.45) is 0 Å². The van der Waals surface area contributed by atoms with E-state index in [4.69, 9.17) is 4.74 Å². The Morgan fingerprint density at radius 1 is 1.15 bits per heavy atom. The summed E-state index contributed by atoms with van der Waals surface area (Å²) in [6, 6.07) is 9.77. The molecule has 0 saturated carbocycles. The molecule has 0 bridgehead atoms. The van der Waals surface area contributed by atoms with Gasteiger partial charge in [-0.25, -0.2) is 9.69 Å². The number of carbonyl (C=O) groups is 2. The van der Waals surface area contributed by atoms with Crippen molar-refractivity contribution in [1.29, 1.82) is 0 Å². The van der Waals surface area contributed by atoms with Crippen LogP contribution in [0.4, 0.5) is 4.79 Å². The Morgan fingerprint density at radius 3 is 2.25 bits per heavy atom. The number of carbonyl (C=O) groups excluding carboxylic acids is 2. The average Bonchev–Trinajstić information content (AvgIpc) is 2.37. The van der Waals surface area contributed by atoms with Crippen molar-refractivity contribution in [2.75, 3.05) is 6.54 Å². The number of imide groups is 1. The van der Waals surface area contributed by atoms with Crippen LogP contribution < -0.4 is 0 Å². The SMILES string of the molecule is CCC(=O)N(CCc1ccccc1)C(=O)OC(C)(C)C. The zero-order valence-corrected chi connectivity index (χ0v) is 12.7. The summed E-state index contributed by atoms with van der Waals surface area (Å²) in [5.74, 6) is -0.213. The molecule has 0 aliphatic rings. The van der Waals surface area contributed by atoms with Gasteiger partial charge in [-0.3, -0.25) is 4.79 Å². The maximum atomic E-state index is 12.1. The molecular formula is C16H23NO3. The maximum absolute atomic E-state index is 12.1. The van der Waals surface area contributed by atoms with E-state index >= 15 is 0 Å². The molecule has 0 N–H and O–H groups in total. The molecule has 4 nitrogen and oxygen atoms in total. The van der Waals surface area contributed by atoms with Crippen LogP contribution in [0.25, 0.3) is 0 Å². The molecule has 0 fully saturated rings. The lowest BCUT2D eigenvalue weighted by Crippen LogP contribution is -2.41. The largest absolute Gasteiger partial charge is 0.443 e. The van der Waals surface area contributed by atoms with Gasteiger partial charge in [0.2, 0.25) is 5.91 Å². The van der Waals surface area contributed by atoms with Gasteiger partial charge in [0.25, 0.3) is 0 Å². The molecule has 0 heterocycles. The highest BCUT2D eigenvalue weighted by Crippen LogP contribution is 2.12. The number of hydrogen-bond acceptors (Lipinski definition) is 3. The monoisotopic (exact) mass is 277 g/mol. The van der Waals surface area contributed by atoms with Crippen LogP contribution in [-0.4, -0.2) is 29.0 Å². The number of nitrogens with zero attached hydrogens (tertiary/aromatic N) is 1. The molecule has 4 heteroatoms. The summed E-state index contributed by atoms with van der Waals surface area (Å²) in [7, 11) is 0. The number of benzene rings is 1. The highest BCUT2D eigenvalue weighted by Gasteiger charge is 2.25. The lowest BCUT2D eigenvalue weighted by atomic mass is 10.1. The summed E-state index contributed by atoms with van der Waals surface area (Å²) in [4.78, 5) is 25.1. The van der Waals surface area contributed by atoms with Crippen molar-refractivity contribution < 1.29 is 14.3 Å². The van der Waals surface area contributed by atoms with Crippen molar-refractivity contribution in [3.8, 4) is 0 Å². The minimum Gasteiger partial charge on any atom is -0.443 e. The van der Waals surface area contributed by atoms with E-state index < -0.39 is 11.7 Å². The van der Waals surface area contributed by atoms with Gasteiger partial charge in [-0.2, -0.15) is 0 Å². The van der Waals surface area contributed by atoms with Crippen LogP contribution in [0.1, 0.15) is 39.7 Å². The molecule has 1 aromatic carbocycles. The third kappa shape index (κ3) is 5.43.